The molecule has 0 aromatic heterocycles. The molecule has 1 aromatic rings. The highest BCUT2D eigenvalue weighted by molar-refractivity contribution is 6.30. The Kier molecular flexibility index (Phi) is 4.18. The van der Waals surface area contributed by atoms with Crippen molar-refractivity contribution >= 4 is 23.6 Å². The topological polar surface area (TPSA) is 35.5 Å². The number of halogens is 1. The van der Waals surface area contributed by atoms with Crippen LogP contribution in [0.4, 0.5) is 0 Å². The first kappa shape index (κ1) is 11.6. The largest absolute Gasteiger partial charge is 0.497 e. The predicted molar refractivity (Wildman–Crippen MR) is 59.1 cm³/mol. The molecule has 0 fully saturated rings. The monoisotopic (exact) mass is 226 g/mol. The molecule has 0 unspecified atom stereocenters. The van der Waals surface area contributed by atoms with Gasteiger partial charge in [0.1, 0.15) is 5.75 Å². The number of methoxy groups -OCH3 is 2. The number of esters is 1. The van der Waals surface area contributed by atoms with E-state index in [4.69, 9.17) is 16.3 Å². The predicted octanol–water partition coefficient (Wildman–Crippen LogP) is 2.53. The molecule has 0 radical (unpaired) electrons. The van der Waals surface area contributed by atoms with E-state index in [2.05, 4.69) is 4.74 Å². The first-order chi connectivity index (χ1) is 7.15. The zero-order valence-corrected chi connectivity index (χ0v) is 9.25. The van der Waals surface area contributed by atoms with E-state index in [1.54, 1.807) is 31.4 Å². The van der Waals surface area contributed by atoms with Crippen LogP contribution in [0.15, 0.2) is 24.3 Å². The SMILES string of the molecule is COC(=O)C=Cc1cc(Cl)cc(OC)c1. The number of benzene rings is 1. The van der Waals surface area contributed by atoms with Crippen LogP contribution in [0.5, 0.6) is 5.75 Å². The summed E-state index contributed by atoms with van der Waals surface area (Å²) in [5.41, 5.74) is 0.782. The Hall–Kier alpha value is -1.48. The molecular weight excluding hydrogens is 216 g/mol. The summed E-state index contributed by atoms with van der Waals surface area (Å²) in [5.74, 6) is 0.237. The number of hydrogen-bond donors (Lipinski definition) is 0. The van der Waals surface area contributed by atoms with Crippen LogP contribution in [-0.2, 0) is 9.53 Å². The van der Waals surface area contributed by atoms with E-state index in [1.165, 1.54) is 13.2 Å². The summed E-state index contributed by atoms with van der Waals surface area (Å²) in [5, 5.41) is 0.555. The van der Waals surface area contributed by atoms with Crippen molar-refractivity contribution < 1.29 is 14.3 Å². The summed E-state index contributed by atoms with van der Waals surface area (Å²) in [7, 11) is 2.88. The maximum absolute atomic E-state index is 10.9. The summed E-state index contributed by atoms with van der Waals surface area (Å²) < 4.78 is 9.50. The fourth-order valence-electron chi connectivity index (χ4n) is 1.03. The smallest absolute Gasteiger partial charge is 0.330 e. The Labute approximate surface area is 93.3 Å². The van der Waals surface area contributed by atoms with Gasteiger partial charge in [-0.2, -0.15) is 0 Å². The summed E-state index contributed by atoms with van der Waals surface area (Å²) >= 11 is 5.85. The highest BCUT2D eigenvalue weighted by Crippen LogP contribution is 2.21. The number of carbonyl (C=O) groups excluding carboxylic acids is 1. The number of hydrogen-bond acceptors (Lipinski definition) is 3. The van der Waals surface area contributed by atoms with E-state index < -0.39 is 5.97 Å². The lowest BCUT2D eigenvalue weighted by Gasteiger charge is -2.01. The average molecular weight is 227 g/mol. The van der Waals surface area contributed by atoms with Gasteiger partial charge in [0.05, 0.1) is 14.2 Å². The summed E-state index contributed by atoms with van der Waals surface area (Å²) in [6.45, 7) is 0. The van der Waals surface area contributed by atoms with Gasteiger partial charge in [0.25, 0.3) is 0 Å². The van der Waals surface area contributed by atoms with Gasteiger partial charge in [-0.1, -0.05) is 11.6 Å². The van der Waals surface area contributed by atoms with E-state index in [0.717, 1.165) is 5.56 Å². The zero-order chi connectivity index (χ0) is 11.3. The van der Waals surface area contributed by atoms with Gasteiger partial charge in [-0.3, -0.25) is 0 Å². The van der Waals surface area contributed by atoms with Crippen molar-refractivity contribution in [2.75, 3.05) is 14.2 Å². The summed E-state index contributed by atoms with van der Waals surface area (Å²) in [6.07, 6.45) is 2.94. The molecule has 0 N–H and O–H groups in total. The maximum Gasteiger partial charge on any atom is 0.330 e. The van der Waals surface area contributed by atoms with Gasteiger partial charge in [0.2, 0.25) is 0 Å². The van der Waals surface area contributed by atoms with Gasteiger partial charge in [-0.15, -0.1) is 0 Å². The Morgan fingerprint density at radius 1 is 1.33 bits per heavy atom. The number of carbonyl (C=O) groups is 1. The molecule has 1 rings (SSSR count). The van der Waals surface area contributed by atoms with Crippen molar-refractivity contribution in [3.05, 3.63) is 34.9 Å². The number of ether oxygens (including phenoxy) is 2. The van der Waals surface area contributed by atoms with E-state index in [1.807, 2.05) is 0 Å². The fourth-order valence-corrected chi connectivity index (χ4v) is 1.26. The van der Waals surface area contributed by atoms with E-state index in [-0.39, 0.29) is 0 Å². The van der Waals surface area contributed by atoms with Crippen molar-refractivity contribution in [1.29, 1.82) is 0 Å². The minimum Gasteiger partial charge on any atom is -0.497 e. The van der Waals surface area contributed by atoms with Crippen molar-refractivity contribution in [2.45, 2.75) is 0 Å². The molecule has 0 aliphatic carbocycles. The van der Waals surface area contributed by atoms with Crippen LogP contribution in [0, 0.1) is 0 Å². The third-order valence-electron chi connectivity index (χ3n) is 1.74. The van der Waals surface area contributed by atoms with Gasteiger partial charge >= 0.3 is 5.97 Å². The molecular formula is C11H11ClO3. The second kappa shape index (κ2) is 5.41. The second-order valence-electron chi connectivity index (χ2n) is 2.78. The van der Waals surface area contributed by atoms with Crippen molar-refractivity contribution in [2.24, 2.45) is 0 Å². The first-order valence-corrected chi connectivity index (χ1v) is 4.64. The molecule has 4 heteroatoms. The van der Waals surface area contributed by atoms with Crippen LogP contribution in [0.1, 0.15) is 5.56 Å². The van der Waals surface area contributed by atoms with Gasteiger partial charge in [0, 0.05) is 11.1 Å². The Morgan fingerprint density at radius 3 is 2.67 bits per heavy atom. The highest BCUT2D eigenvalue weighted by Gasteiger charge is 1.98. The van der Waals surface area contributed by atoms with Gasteiger partial charge < -0.3 is 9.47 Å². The Bertz CT molecular complexity index is 385. The maximum atomic E-state index is 10.9. The molecule has 3 nitrogen and oxygen atoms in total. The van der Waals surface area contributed by atoms with Crippen molar-refractivity contribution in [3.8, 4) is 5.75 Å². The van der Waals surface area contributed by atoms with E-state index in [9.17, 15) is 4.79 Å². The van der Waals surface area contributed by atoms with Gasteiger partial charge in [0.15, 0.2) is 0 Å². The van der Waals surface area contributed by atoms with Crippen LogP contribution in [0.25, 0.3) is 6.08 Å². The van der Waals surface area contributed by atoms with Crippen LogP contribution < -0.4 is 4.74 Å². The van der Waals surface area contributed by atoms with Crippen LogP contribution in [0.3, 0.4) is 0 Å². The van der Waals surface area contributed by atoms with Crippen LogP contribution >= 0.6 is 11.6 Å². The molecule has 1 aromatic carbocycles. The fraction of sp³-hybridized carbons (Fsp3) is 0.182. The van der Waals surface area contributed by atoms with Crippen LogP contribution in [0.2, 0.25) is 5.02 Å². The Morgan fingerprint density at radius 2 is 2.07 bits per heavy atom. The van der Waals surface area contributed by atoms with E-state index >= 15 is 0 Å². The lowest BCUT2D eigenvalue weighted by atomic mass is 10.2. The number of rotatable bonds is 3. The highest BCUT2D eigenvalue weighted by atomic mass is 35.5. The van der Waals surface area contributed by atoms with Gasteiger partial charge in [-0.25, -0.2) is 4.79 Å². The molecule has 0 aliphatic heterocycles. The molecule has 15 heavy (non-hydrogen) atoms. The quantitative estimate of drug-likeness (QED) is 0.587. The molecule has 0 saturated carbocycles. The zero-order valence-electron chi connectivity index (χ0n) is 8.49. The second-order valence-corrected chi connectivity index (χ2v) is 3.22. The summed E-state index contributed by atoms with van der Waals surface area (Å²) in [4.78, 5) is 10.9. The third-order valence-corrected chi connectivity index (χ3v) is 1.96. The standard InChI is InChI=1S/C11H11ClO3/c1-14-10-6-8(5-9(12)7-10)3-4-11(13)15-2/h3-7H,1-2H3. The Balaban J connectivity index is 2.90. The minimum atomic E-state index is -0.408. The minimum absolute atomic E-state index is 0.408. The summed E-state index contributed by atoms with van der Waals surface area (Å²) in [6, 6.07) is 5.19. The van der Waals surface area contributed by atoms with Crippen molar-refractivity contribution in [1.82, 2.24) is 0 Å². The molecule has 0 atom stereocenters. The molecule has 0 spiro atoms. The third kappa shape index (κ3) is 3.64. The molecule has 0 heterocycles. The van der Waals surface area contributed by atoms with E-state index in [0.29, 0.717) is 10.8 Å². The first-order valence-electron chi connectivity index (χ1n) is 4.26. The van der Waals surface area contributed by atoms with Crippen LogP contribution in [-0.4, -0.2) is 20.2 Å². The average Bonchev–Trinajstić information content (AvgIpc) is 2.25. The lowest BCUT2D eigenvalue weighted by molar-refractivity contribution is -0.134. The molecule has 0 amide bonds. The van der Waals surface area contributed by atoms with Gasteiger partial charge in [-0.05, 0) is 29.8 Å². The normalized spacial score (nSPS) is 10.3. The molecule has 80 valence electrons. The lowest BCUT2D eigenvalue weighted by Crippen LogP contribution is -1.93. The molecule has 0 saturated heterocycles. The molecule has 0 bridgehead atoms. The molecule has 0 aliphatic rings. The van der Waals surface area contributed by atoms with Crippen molar-refractivity contribution in [3.63, 3.8) is 0 Å².